The van der Waals surface area contributed by atoms with Gasteiger partial charge >= 0.3 is 0 Å². The topological polar surface area (TPSA) is 83.6 Å². The fraction of sp³-hybridized carbons (Fsp3) is 0.765. The van der Waals surface area contributed by atoms with Crippen molar-refractivity contribution in [1.82, 2.24) is 10.2 Å². The van der Waals surface area contributed by atoms with Crippen LogP contribution in [0.15, 0.2) is 0 Å². The largest absolute Gasteiger partial charge is 0.352 e. The van der Waals surface area contributed by atoms with Gasteiger partial charge in [0.1, 0.15) is 0 Å². The first-order valence-electron chi connectivity index (χ1n) is 8.81. The number of nitrogens with zero attached hydrogens (tertiary/aromatic N) is 1. The lowest BCUT2D eigenvalue weighted by Crippen LogP contribution is -2.45. The number of nitrogens with one attached hydrogen (secondary N) is 1. The zero-order chi connectivity index (χ0) is 16.4. The predicted octanol–water partition coefficient (Wildman–Crippen LogP) is 1.32. The maximum atomic E-state index is 12.5. The van der Waals surface area contributed by atoms with Crippen LogP contribution in [-0.2, 0) is 19.2 Å². The number of carbonyl (C=O) groups is 4. The van der Waals surface area contributed by atoms with Crippen molar-refractivity contribution in [3.63, 3.8) is 0 Å². The van der Waals surface area contributed by atoms with E-state index in [4.69, 9.17) is 0 Å². The summed E-state index contributed by atoms with van der Waals surface area (Å²) in [7, 11) is 0. The van der Waals surface area contributed by atoms with Gasteiger partial charge in [0, 0.05) is 12.1 Å². The Labute approximate surface area is 136 Å². The Morgan fingerprint density at radius 3 is 2.04 bits per heavy atom. The Morgan fingerprint density at radius 1 is 0.870 bits per heavy atom. The molecule has 6 nitrogen and oxygen atoms in total. The van der Waals surface area contributed by atoms with Gasteiger partial charge in [-0.2, -0.15) is 0 Å². The molecule has 1 aliphatic heterocycles. The highest BCUT2D eigenvalue weighted by Gasteiger charge is 2.53. The van der Waals surface area contributed by atoms with Crippen LogP contribution >= 0.6 is 0 Å². The SMILES string of the molecule is O=C(NC1CCCCC1)C1C(=O)C(=O)N(C2CCCCC2)C1=O. The number of likely N-dealkylation sites (tertiary alicyclic amines) is 1. The second-order valence-electron chi connectivity index (χ2n) is 6.95. The standard InChI is InChI=1S/C17H24N2O4/c20-14-13(15(21)18-11-7-3-1-4-8-11)16(22)19(17(14)23)12-9-5-2-6-10-12/h11-13H,1-10H2,(H,18,21). The molecule has 3 fully saturated rings. The molecule has 0 aromatic carbocycles. The minimum Gasteiger partial charge on any atom is -0.352 e. The molecular weight excluding hydrogens is 296 g/mol. The molecule has 3 aliphatic rings. The molecule has 3 rings (SSSR count). The van der Waals surface area contributed by atoms with Crippen molar-refractivity contribution < 1.29 is 19.2 Å². The Morgan fingerprint density at radius 2 is 1.43 bits per heavy atom. The van der Waals surface area contributed by atoms with Gasteiger partial charge in [-0.3, -0.25) is 24.1 Å². The summed E-state index contributed by atoms with van der Waals surface area (Å²) in [5.41, 5.74) is 0. The second-order valence-corrected chi connectivity index (χ2v) is 6.95. The second kappa shape index (κ2) is 6.81. The Bertz CT molecular complexity index is 519. The van der Waals surface area contributed by atoms with Crippen molar-refractivity contribution in [3.05, 3.63) is 0 Å². The first-order valence-corrected chi connectivity index (χ1v) is 8.81. The minimum atomic E-state index is -1.45. The van der Waals surface area contributed by atoms with Crippen LogP contribution in [0.5, 0.6) is 0 Å². The lowest BCUT2D eigenvalue weighted by molar-refractivity contribution is -0.145. The van der Waals surface area contributed by atoms with Gasteiger partial charge in [0.05, 0.1) is 0 Å². The molecule has 3 amide bonds. The van der Waals surface area contributed by atoms with E-state index >= 15 is 0 Å². The number of hydrogen-bond donors (Lipinski definition) is 1. The summed E-state index contributed by atoms with van der Waals surface area (Å²) < 4.78 is 0. The van der Waals surface area contributed by atoms with Crippen molar-refractivity contribution >= 4 is 23.5 Å². The highest BCUT2D eigenvalue weighted by molar-refractivity contribution is 6.52. The first-order chi connectivity index (χ1) is 11.1. The number of imide groups is 1. The Balaban J connectivity index is 1.69. The third kappa shape index (κ3) is 3.16. The summed E-state index contributed by atoms with van der Waals surface area (Å²) in [5.74, 6) is -4.29. The zero-order valence-electron chi connectivity index (χ0n) is 13.4. The molecule has 1 unspecified atom stereocenters. The van der Waals surface area contributed by atoms with Crippen molar-refractivity contribution in [3.8, 4) is 0 Å². The first kappa shape index (κ1) is 16.1. The molecule has 0 spiro atoms. The van der Waals surface area contributed by atoms with Crippen LogP contribution in [0.2, 0.25) is 0 Å². The average Bonchev–Trinajstić information content (AvgIpc) is 2.79. The van der Waals surface area contributed by atoms with Gasteiger partial charge in [-0.15, -0.1) is 0 Å². The Hall–Kier alpha value is -1.72. The van der Waals surface area contributed by atoms with Gasteiger partial charge < -0.3 is 5.32 Å². The molecule has 0 radical (unpaired) electrons. The molecule has 126 valence electrons. The maximum Gasteiger partial charge on any atom is 0.298 e. The smallest absolute Gasteiger partial charge is 0.298 e. The average molecular weight is 320 g/mol. The van der Waals surface area contributed by atoms with Crippen LogP contribution in [0.4, 0.5) is 0 Å². The van der Waals surface area contributed by atoms with Gasteiger partial charge in [-0.05, 0) is 25.7 Å². The molecule has 0 aromatic heterocycles. The van der Waals surface area contributed by atoms with Gasteiger partial charge in [-0.1, -0.05) is 38.5 Å². The van der Waals surface area contributed by atoms with Gasteiger partial charge in [-0.25, -0.2) is 0 Å². The van der Waals surface area contributed by atoms with E-state index in [0.717, 1.165) is 69.1 Å². The molecule has 2 saturated carbocycles. The predicted molar refractivity (Wildman–Crippen MR) is 82.2 cm³/mol. The number of ketones is 1. The molecule has 1 saturated heterocycles. The van der Waals surface area contributed by atoms with E-state index in [0.29, 0.717) is 0 Å². The summed E-state index contributed by atoms with van der Waals surface area (Å²) in [6.45, 7) is 0. The van der Waals surface area contributed by atoms with Gasteiger partial charge in [0.2, 0.25) is 11.7 Å². The fourth-order valence-corrected chi connectivity index (χ4v) is 4.04. The zero-order valence-corrected chi connectivity index (χ0v) is 13.4. The molecule has 0 bridgehead atoms. The van der Waals surface area contributed by atoms with Crippen LogP contribution in [-0.4, -0.2) is 40.5 Å². The molecule has 0 aromatic rings. The molecule has 2 aliphatic carbocycles. The third-order valence-corrected chi connectivity index (χ3v) is 5.33. The number of rotatable bonds is 3. The molecule has 1 atom stereocenters. The minimum absolute atomic E-state index is 0.0238. The van der Waals surface area contributed by atoms with Crippen LogP contribution in [0.1, 0.15) is 64.2 Å². The van der Waals surface area contributed by atoms with Crippen LogP contribution in [0.3, 0.4) is 0 Å². The van der Waals surface area contributed by atoms with E-state index in [1.54, 1.807) is 0 Å². The van der Waals surface area contributed by atoms with Crippen molar-refractivity contribution in [2.24, 2.45) is 5.92 Å². The Kier molecular flexibility index (Phi) is 4.78. The van der Waals surface area contributed by atoms with Gasteiger partial charge in [0.15, 0.2) is 5.92 Å². The van der Waals surface area contributed by atoms with Gasteiger partial charge in [0.25, 0.3) is 11.8 Å². The van der Waals surface area contributed by atoms with Crippen molar-refractivity contribution in [2.45, 2.75) is 76.3 Å². The summed E-state index contributed by atoms with van der Waals surface area (Å²) in [6, 6.07) is -0.184. The molecule has 1 heterocycles. The van der Waals surface area contributed by atoms with Crippen molar-refractivity contribution in [1.29, 1.82) is 0 Å². The summed E-state index contributed by atoms with van der Waals surface area (Å²) in [6.07, 6.45) is 9.47. The lowest BCUT2D eigenvalue weighted by atomic mass is 9.94. The normalized spacial score (nSPS) is 27.6. The lowest BCUT2D eigenvalue weighted by Gasteiger charge is -2.29. The fourth-order valence-electron chi connectivity index (χ4n) is 4.04. The van der Waals surface area contributed by atoms with E-state index in [-0.39, 0.29) is 12.1 Å². The molecule has 23 heavy (non-hydrogen) atoms. The molecule has 1 N–H and O–H groups in total. The van der Waals surface area contributed by atoms with E-state index in [2.05, 4.69) is 5.32 Å². The van der Waals surface area contributed by atoms with E-state index < -0.39 is 29.4 Å². The maximum absolute atomic E-state index is 12.5. The van der Waals surface area contributed by atoms with Crippen molar-refractivity contribution in [2.75, 3.05) is 0 Å². The van der Waals surface area contributed by atoms with E-state index in [1.165, 1.54) is 0 Å². The summed E-state index contributed by atoms with van der Waals surface area (Å²) >= 11 is 0. The monoisotopic (exact) mass is 320 g/mol. The number of Topliss-reactive ketones (excluding diaryl/α,β-unsaturated/α-hetero) is 1. The highest BCUT2D eigenvalue weighted by Crippen LogP contribution is 2.28. The number of carbonyl (C=O) groups excluding carboxylic acids is 4. The van der Waals surface area contributed by atoms with Crippen LogP contribution in [0, 0.1) is 5.92 Å². The number of amides is 3. The van der Waals surface area contributed by atoms with E-state index in [1.807, 2.05) is 0 Å². The highest BCUT2D eigenvalue weighted by atomic mass is 16.2. The third-order valence-electron chi connectivity index (χ3n) is 5.33. The molecule has 6 heteroatoms. The van der Waals surface area contributed by atoms with Crippen LogP contribution in [0.25, 0.3) is 0 Å². The summed E-state index contributed by atoms with van der Waals surface area (Å²) in [4.78, 5) is 50.4. The van der Waals surface area contributed by atoms with Crippen LogP contribution < -0.4 is 5.32 Å². The molecular formula is C17H24N2O4. The number of hydrogen-bond acceptors (Lipinski definition) is 4. The quantitative estimate of drug-likeness (QED) is 0.483. The summed E-state index contributed by atoms with van der Waals surface area (Å²) in [5, 5.41) is 2.81. The van der Waals surface area contributed by atoms with E-state index in [9.17, 15) is 19.2 Å².